The average molecular weight is 315 g/mol. The number of carboxylic acid groups (broad SMARTS) is 1. The van der Waals surface area contributed by atoms with Crippen LogP contribution in [0.4, 0.5) is 4.79 Å². The van der Waals surface area contributed by atoms with Crippen LogP contribution in [-0.2, 0) is 16.1 Å². The van der Waals surface area contributed by atoms with Gasteiger partial charge in [-0.15, -0.1) is 0 Å². The van der Waals surface area contributed by atoms with E-state index in [9.17, 15) is 9.59 Å². The molecule has 0 unspecified atom stereocenters. The van der Waals surface area contributed by atoms with Crippen LogP contribution in [0.25, 0.3) is 0 Å². The van der Waals surface area contributed by atoms with Crippen molar-refractivity contribution in [2.24, 2.45) is 0 Å². The Bertz CT molecular complexity index is 659. The van der Waals surface area contributed by atoms with Crippen molar-refractivity contribution in [3.05, 3.63) is 59.7 Å². The third-order valence-corrected chi connectivity index (χ3v) is 3.09. The largest absolute Gasteiger partial charge is 0.481 e. The van der Waals surface area contributed by atoms with Gasteiger partial charge in [0, 0.05) is 18.0 Å². The molecule has 1 amide bonds. The minimum absolute atomic E-state index is 0.108. The zero-order valence-corrected chi connectivity index (χ0v) is 12.6. The molecule has 0 spiro atoms. The summed E-state index contributed by atoms with van der Waals surface area (Å²) in [5.41, 5.74) is 1.35. The number of nitrogens with zero attached hydrogens (tertiary/aromatic N) is 2. The van der Waals surface area contributed by atoms with Gasteiger partial charge >= 0.3 is 12.1 Å². The van der Waals surface area contributed by atoms with E-state index in [4.69, 9.17) is 9.84 Å². The number of alkyl carbamates (subject to hydrolysis) is 1. The van der Waals surface area contributed by atoms with Crippen LogP contribution >= 0.6 is 0 Å². The minimum Gasteiger partial charge on any atom is -0.481 e. The quantitative estimate of drug-likeness (QED) is 0.847. The number of amides is 1. The van der Waals surface area contributed by atoms with E-state index in [-0.39, 0.29) is 13.0 Å². The van der Waals surface area contributed by atoms with Crippen molar-refractivity contribution in [2.45, 2.75) is 26.0 Å². The summed E-state index contributed by atoms with van der Waals surface area (Å²) < 4.78 is 5.10. The zero-order valence-electron chi connectivity index (χ0n) is 12.6. The molecule has 120 valence electrons. The fourth-order valence-corrected chi connectivity index (χ4v) is 1.92. The maximum atomic E-state index is 11.9. The Hall–Kier alpha value is -2.96. The van der Waals surface area contributed by atoms with Gasteiger partial charge in [0.05, 0.1) is 12.5 Å². The third-order valence-electron chi connectivity index (χ3n) is 3.09. The van der Waals surface area contributed by atoms with Gasteiger partial charge in [-0.2, -0.15) is 0 Å². The first-order valence-corrected chi connectivity index (χ1v) is 7.02. The third kappa shape index (κ3) is 5.39. The summed E-state index contributed by atoms with van der Waals surface area (Å²) in [7, 11) is 0. The van der Waals surface area contributed by atoms with Gasteiger partial charge in [-0.05, 0) is 12.5 Å². The maximum Gasteiger partial charge on any atom is 0.407 e. The molecule has 0 radical (unpaired) electrons. The highest BCUT2D eigenvalue weighted by molar-refractivity contribution is 5.71. The van der Waals surface area contributed by atoms with E-state index in [0.29, 0.717) is 11.4 Å². The Morgan fingerprint density at radius 3 is 2.48 bits per heavy atom. The first-order chi connectivity index (χ1) is 11.0. The number of aryl methyl sites for hydroxylation is 1. The molecule has 7 nitrogen and oxygen atoms in total. The standard InChI is InChI=1S/C16H17N3O4/c1-11-17-8-13(9-18-11)14(7-15(20)21)19-16(22)23-10-12-5-3-2-4-6-12/h2-6,8-9,14H,7,10H2,1H3,(H,19,22)(H,20,21)/t14-/m0/s1. The molecule has 0 fully saturated rings. The molecule has 1 atom stereocenters. The lowest BCUT2D eigenvalue weighted by molar-refractivity contribution is -0.137. The molecule has 0 bridgehead atoms. The molecule has 0 aliphatic heterocycles. The van der Waals surface area contributed by atoms with Crippen LogP contribution in [-0.4, -0.2) is 27.1 Å². The Balaban J connectivity index is 1.98. The zero-order chi connectivity index (χ0) is 16.7. The molecule has 2 N–H and O–H groups in total. The van der Waals surface area contributed by atoms with Gasteiger partial charge in [0.25, 0.3) is 0 Å². The summed E-state index contributed by atoms with van der Waals surface area (Å²) in [5, 5.41) is 11.5. The molecule has 2 rings (SSSR count). The van der Waals surface area contributed by atoms with Gasteiger partial charge in [-0.1, -0.05) is 30.3 Å². The van der Waals surface area contributed by atoms with E-state index in [1.54, 1.807) is 6.92 Å². The average Bonchev–Trinajstić information content (AvgIpc) is 2.53. The molecule has 7 heteroatoms. The number of hydrogen-bond donors (Lipinski definition) is 2. The van der Waals surface area contributed by atoms with Crippen molar-refractivity contribution >= 4 is 12.1 Å². The highest BCUT2D eigenvalue weighted by atomic mass is 16.5. The van der Waals surface area contributed by atoms with E-state index in [1.165, 1.54) is 12.4 Å². The lowest BCUT2D eigenvalue weighted by atomic mass is 10.1. The van der Waals surface area contributed by atoms with Crippen molar-refractivity contribution in [3.63, 3.8) is 0 Å². The predicted octanol–water partition coefficient (Wildman–Crippen LogP) is 2.23. The van der Waals surface area contributed by atoms with Crippen LogP contribution in [0, 0.1) is 6.92 Å². The van der Waals surface area contributed by atoms with Crippen LogP contribution in [0.15, 0.2) is 42.7 Å². The Morgan fingerprint density at radius 2 is 1.87 bits per heavy atom. The molecule has 0 aliphatic carbocycles. The minimum atomic E-state index is -1.04. The molecule has 23 heavy (non-hydrogen) atoms. The lowest BCUT2D eigenvalue weighted by Gasteiger charge is -2.16. The second kappa shape index (κ2) is 7.88. The number of carbonyl (C=O) groups is 2. The normalized spacial score (nSPS) is 11.5. The number of aromatic nitrogens is 2. The highest BCUT2D eigenvalue weighted by Gasteiger charge is 2.19. The van der Waals surface area contributed by atoms with Gasteiger partial charge in [0.1, 0.15) is 12.4 Å². The van der Waals surface area contributed by atoms with Crippen molar-refractivity contribution in [2.75, 3.05) is 0 Å². The van der Waals surface area contributed by atoms with Crippen LogP contribution in [0.1, 0.15) is 29.4 Å². The van der Waals surface area contributed by atoms with E-state index in [0.717, 1.165) is 5.56 Å². The number of carbonyl (C=O) groups excluding carboxylic acids is 1. The molecule has 1 aromatic carbocycles. The van der Waals surface area contributed by atoms with Crippen molar-refractivity contribution in [1.82, 2.24) is 15.3 Å². The van der Waals surface area contributed by atoms with Crippen LogP contribution < -0.4 is 5.32 Å². The lowest BCUT2D eigenvalue weighted by Crippen LogP contribution is -2.30. The molecule has 2 aromatic rings. The van der Waals surface area contributed by atoms with Crippen LogP contribution in [0.2, 0.25) is 0 Å². The Morgan fingerprint density at radius 1 is 1.22 bits per heavy atom. The molecular weight excluding hydrogens is 298 g/mol. The number of carboxylic acids is 1. The van der Waals surface area contributed by atoms with Crippen molar-refractivity contribution < 1.29 is 19.4 Å². The Labute approximate surface area is 133 Å². The van der Waals surface area contributed by atoms with E-state index >= 15 is 0 Å². The predicted molar refractivity (Wildman–Crippen MR) is 81.5 cm³/mol. The molecule has 1 aromatic heterocycles. The number of rotatable bonds is 6. The van der Waals surface area contributed by atoms with Gasteiger partial charge < -0.3 is 15.2 Å². The highest BCUT2D eigenvalue weighted by Crippen LogP contribution is 2.15. The second-order valence-corrected chi connectivity index (χ2v) is 4.92. The molecular formula is C16H17N3O4. The Kier molecular flexibility index (Phi) is 5.62. The van der Waals surface area contributed by atoms with E-state index < -0.39 is 18.1 Å². The summed E-state index contributed by atoms with van der Waals surface area (Å²) in [6.07, 6.45) is 2.01. The number of benzene rings is 1. The van der Waals surface area contributed by atoms with Crippen LogP contribution in [0.3, 0.4) is 0 Å². The topological polar surface area (TPSA) is 101 Å². The van der Waals surface area contributed by atoms with Crippen molar-refractivity contribution in [1.29, 1.82) is 0 Å². The van der Waals surface area contributed by atoms with Gasteiger partial charge in [0.15, 0.2) is 0 Å². The fraction of sp³-hybridized carbons (Fsp3) is 0.250. The molecule has 1 heterocycles. The molecule has 0 aliphatic rings. The summed E-state index contributed by atoms with van der Waals surface area (Å²) in [5.74, 6) is -0.478. The summed E-state index contributed by atoms with van der Waals surface area (Å²) in [4.78, 5) is 30.9. The smallest absolute Gasteiger partial charge is 0.407 e. The maximum absolute atomic E-state index is 11.9. The van der Waals surface area contributed by atoms with Gasteiger partial charge in [0.2, 0.25) is 0 Å². The number of ether oxygens (including phenoxy) is 1. The van der Waals surface area contributed by atoms with Gasteiger partial charge in [-0.3, -0.25) is 4.79 Å². The SMILES string of the molecule is Cc1ncc([C@H](CC(=O)O)NC(=O)OCc2ccccc2)cn1. The van der Waals surface area contributed by atoms with Crippen molar-refractivity contribution in [3.8, 4) is 0 Å². The fourth-order valence-electron chi connectivity index (χ4n) is 1.92. The first-order valence-electron chi connectivity index (χ1n) is 7.02. The number of aliphatic carboxylic acids is 1. The van der Waals surface area contributed by atoms with E-state index in [1.807, 2.05) is 30.3 Å². The number of hydrogen-bond acceptors (Lipinski definition) is 5. The summed E-state index contributed by atoms with van der Waals surface area (Å²) >= 11 is 0. The summed E-state index contributed by atoms with van der Waals surface area (Å²) in [6.45, 7) is 1.83. The first kappa shape index (κ1) is 16.4. The number of nitrogens with one attached hydrogen (secondary N) is 1. The summed E-state index contributed by atoms with van der Waals surface area (Å²) in [6, 6.07) is 8.45. The van der Waals surface area contributed by atoms with Gasteiger partial charge in [-0.25, -0.2) is 14.8 Å². The molecule has 0 saturated heterocycles. The second-order valence-electron chi connectivity index (χ2n) is 4.92. The molecule has 0 saturated carbocycles. The monoisotopic (exact) mass is 315 g/mol. The van der Waals surface area contributed by atoms with E-state index in [2.05, 4.69) is 15.3 Å². The van der Waals surface area contributed by atoms with Crippen LogP contribution in [0.5, 0.6) is 0 Å².